The predicted octanol–water partition coefficient (Wildman–Crippen LogP) is 2.33. The molecular weight excluding hydrogens is 264 g/mol. The number of morpholine rings is 1. The molecule has 4 heteroatoms. The number of hydrogen-bond donors (Lipinski definition) is 2. The van der Waals surface area contributed by atoms with E-state index in [1.54, 1.807) is 0 Å². The highest BCUT2D eigenvalue weighted by atomic mass is 16.5. The van der Waals surface area contributed by atoms with Crippen LogP contribution in [0.1, 0.15) is 38.3 Å². The van der Waals surface area contributed by atoms with E-state index in [-0.39, 0.29) is 6.61 Å². The molecule has 1 fully saturated rings. The molecule has 4 nitrogen and oxygen atoms in total. The average Bonchev–Trinajstić information content (AvgIpc) is 2.55. The monoisotopic (exact) mass is 292 g/mol. The normalized spacial score (nSPS) is 18.5. The van der Waals surface area contributed by atoms with E-state index < -0.39 is 0 Å². The van der Waals surface area contributed by atoms with Crippen molar-refractivity contribution < 1.29 is 9.84 Å². The van der Waals surface area contributed by atoms with Crippen LogP contribution in [0.25, 0.3) is 0 Å². The molecule has 0 bridgehead atoms. The summed E-state index contributed by atoms with van der Waals surface area (Å²) in [5.74, 6) is 0. The molecule has 21 heavy (non-hydrogen) atoms. The Hall–Kier alpha value is -1.10. The van der Waals surface area contributed by atoms with E-state index in [0.717, 1.165) is 39.1 Å². The summed E-state index contributed by atoms with van der Waals surface area (Å²) >= 11 is 0. The van der Waals surface area contributed by atoms with E-state index in [9.17, 15) is 0 Å². The fourth-order valence-corrected chi connectivity index (χ4v) is 2.81. The molecule has 1 aromatic rings. The number of nitrogens with one attached hydrogen (secondary N) is 1. The van der Waals surface area contributed by atoms with E-state index in [4.69, 9.17) is 9.84 Å². The highest BCUT2D eigenvalue weighted by molar-refractivity contribution is 5.48. The molecule has 2 atom stereocenters. The van der Waals surface area contributed by atoms with Gasteiger partial charge in [-0.15, -0.1) is 0 Å². The van der Waals surface area contributed by atoms with Gasteiger partial charge in [0.2, 0.25) is 0 Å². The third kappa shape index (κ3) is 4.70. The average molecular weight is 292 g/mol. The lowest BCUT2D eigenvalue weighted by atomic mass is 10.0. The standard InChI is InChI=1S/C17H28N2O2/c1-3-16(8-11-20)18-14(2)15-4-6-17(7-5-15)19-9-12-21-13-10-19/h4-7,14,16,18,20H,3,8-13H2,1-2H3. The van der Waals surface area contributed by atoms with Gasteiger partial charge in [0.05, 0.1) is 13.2 Å². The molecule has 0 aliphatic carbocycles. The van der Waals surface area contributed by atoms with E-state index in [2.05, 4.69) is 48.3 Å². The Labute approximate surface area is 128 Å². The summed E-state index contributed by atoms with van der Waals surface area (Å²) in [6.07, 6.45) is 1.85. The quantitative estimate of drug-likeness (QED) is 0.809. The molecule has 0 aromatic heterocycles. The predicted molar refractivity (Wildman–Crippen MR) is 86.8 cm³/mol. The number of hydrogen-bond acceptors (Lipinski definition) is 4. The Morgan fingerprint density at radius 1 is 1.24 bits per heavy atom. The zero-order valence-corrected chi connectivity index (χ0v) is 13.2. The lowest BCUT2D eigenvalue weighted by Gasteiger charge is -2.29. The van der Waals surface area contributed by atoms with Gasteiger partial charge in [-0.3, -0.25) is 0 Å². The Kier molecular flexibility index (Phi) is 6.49. The first-order valence-corrected chi connectivity index (χ1v) is 8.04. The summed E-state index contributed by atoms with van der Waals surface area (Å²) in [4.78, 5) is 2.37. The molecule has 0 spiro atoms. The van der Waals surface area contributed by atoms with E-state index in [0.29, 0.717) is 12.1 Å². The van der Waals surface area contributed by atoms with E-state index in [1.807, 2.05) is 0 Å². The van der Waals surface area contributed by atoms with Gasteiger partial charge in [-0.1, -0.05) is 19.1 Å². The van der Waals surface area contributed by atoms with Crippen molar-refractivity contribution in [2.24, 2.45) is 0 Å². The maximum absolute atomic E-state index is 9.08. The second-order valence-electron chi connectivity index (χ2n) is 5.70. The molecule has 1 heterocycles. The first-order chi connectivity index (χ1) is 10.2. The molecule has 0 saturated carbocycles. The van der Waals surface area contributed by atoms with Gasteiger partial charge in [-0.2, -0.15) is 0 Å². The molecule has 1 aliphatic rings. The van der Waals surface area contributed by atoms with E-state index >= 15 is 0 Å². The van der Waals surface area contributed by atoms with Crippen LogP contribution in [0.15, 0.2) is 24.3 Å². The number of benzene rings is 1. The minimum Gasteiger partial charge on any atom is -0.396 e. The first kappa shape index (κ1) is 16.3. The Morgan fingerprint density at radius 3 is 2.48 bits per heavy atom. The first-order valence-electron chi connectivity index (χ1n) is 8.04. The van der Waals surface area contributed by atoms with Gasteiger partial charge in [-0.05, 0) is 37.5 Å². The largest absolute Gasteiger partial charge is 0.396 e. The van der Waals surface area contributed by atoms with Crippen molar-refractivity contribution in [3.05, 3.63) is 29.8 Å². The van der Waals surface area contributed by atoms with Gasteiger partial charge < -0.3 is 20.1 Å². The molecule has 0 amide bonds. The molecule has 118 valence electrons. The molecule has 2 rings (SSSR count). The fourth-order valence-electron chi connectivity index (χ4n) is 2.81. The molecule has 1 aromatic carbocycles. The van der Waals surface area contributed by atoms with Gasteiger partial charge in [0.1, 0.15) is 0 Å². The van der Waals surface area contributed by atoms with Crippen molar-refractivity contribution in [3.63, 3.8) is 0 Å². The van der Waals surface area contributed by atoms with E-state index in [1.165, 1.54) is 11.3 Å². The minimum atomic E-state index is 0.244. The maximum atomic E-state index is 9.08. The minimum absolute atomic E-state index is 0.244. The summed E-state index contributed by atoms with van der Waals surface area (Å²) in [5.41, 5.74) is 2.57. The van der Waals surface area contributed by atoms with Crippen molar-refractivity contribution >= 4 is 5.69 Å². The topological polar surface area (TPSA) is 44.7 Å². The lowest BCUT2D eigenvalue weighted by molar-refractivity contribution is 0.122. The third-order valence-corrected chi connectivity index (χ3v) is 4.23. The van der Waals surface area contributed by atoms with Crippen LogP contribution in [0.4, 0.5) is 5.69 Å². The SMILES string of the molecule is CCC(CCO)NC(C)c1ccc(N2CCOCC2)cc1. The summed E-state index contributed by atoms with van der Waals surface area (Å²) in [5, 5.41) is 12.7. The van der Waals surface area contributed by atoms with Gasteiger partial charge in [0.25, 0.3) is 0 Å². The molecule has 1 saturated heterocycles. The number of nitrogens with zero attached hydrogens (tertiary/aromatic N) is 1. The molecule has 1 aliphatic heterocycles. The second kappa shape index (κ2) is 8.37. The van der Waals surface area contributed by atoms with Crippen LogP contribution in [0, 0.1) is 0 Å². The summed E-state index contributed by atoms with van der Waals surface area (Å²) in [6, 6.07) is 9.49. The number of rotatable bonds is 7. The number of aliphatic hydroxyl groups excluding tert-OH is 1. The van der Waals surface area contributed by atoms with Gasteiger partial charge in [-0.25, -0.2) is 0 Å². The zero-order valence-electron chi connectivity index (χ0n) is 13.2. The number of anilines is 1. The van der Waals surface area contributed by atoms with Crippen LogP contribution in [0.5, 0.6) is 0 Å². The lowest BCUT2D eigenvalue weighted by Crippen LogP contribution is -2.36. The Balaban J connectivity index is 1.94. The van der Waals surface area contributed by atoms with Crippen LogP contribution >= 0.6 is 0 Å². The van der Waals surface area contributed by atoms with Crippen LogP contribution in [-0.4, -0.2) is 44.1 Å². The van der Waals surface area contributed by atoms with Crippen molar-refractivity contribution in [2.75, 3.05) is 37.8 Å². The van der Waals surface area contributed by atoms with Crippen molar-refractivity contribution in [2.45, 2.75) is 38.8 Å². The van der Waals surface area contributed by atoms with Crippen molar-refractivity contribution in [1.82, 2.24) is 5.32 Å². The number of ether oxygens (including phenoxy) is 1. The smallest absolute Gasteiger partial charge is 0.0642 e. The molecule has 2 N–H and O–H groups in total. The van der Waals surface area contributed by atoms with Gasteiger partial charge in [0, 0.05) is 37.5 Å². The highest BCUT2D eigenvalue weighted by Gasteiger charge is 2.14. The van der Waals surface area contributed by atoms with Crippen LogP contribution in [0.3, 0.4) is 0 Å². The summed E-state index contributed by atoms with van der Waals surface area (Å²) in [7, 11) is 0. The summed E-state index contributed by atoms with van der Waals surface area (Å²) in [6.45, 7) is 8.17. The molecule has 2 unspecified atom stereocenters. The fraction of sp³-hybridized carbons (Fsp3) is 0.647. The van der Waals surface area contributed by atoms with Gasteiger partial charge in [0.15, 0.2) is 0 Å². The third-order valence-electron chi connectivity index (χ3n) is 4.23. The Bertz CT molecular complexity index is 402. The number of aliphatic hydroxyl groups is 1. The van der Waals surface area contributed by atoms with Crippen molar-refractivity contribution in [1.29, 1.82) is 0 Å². The summed E-state index contributed by atoms with van der Waals surface area (Å²) < 4.78 is 5.39. The van der Waals surface area contributed by atoms with Crippen LogP contribution in [0.2, 0.25) is 0 Å². The molecular formula is C17H28N2O2. The maximum Gasteiger partial charge on any atom is 0.0642 e. The second-order valence-corrected chi connectivity index (χ2v) is 5.70. The van der Waals surface area contributed by atoms with Gasteiger partial charge >= 0.3 is 0 Å². The molecule has 0 radical (unpaired) electrons. The highest BCUT2D eigenvalue weighted by Crippen LogP contribution is 2.21. The Morgan fingerprint density at radius 2 is 1.90 bits per heavy atom. The van der Waals surface area contributed by atoms with Crippen molar-refractivity contribution in [3.8, 4) is 0 Å². The zero-order chi connectivity index (χ0) is 15.1. The van der Waals surface area contributed by atoms with Crippen LogP contribution in [-0.2, 0) is 4.74 Å². The van der Waals surface area contributed by atoms with Crippen LogP contribution < -0.4 is 10.2 Å².